The highest BCUT2D eigenvalue weighted by Gasteiger charge is 2.61. The SMILES string of the molecule is CC(=O)[C@H]1CC[C@H]2[C@@H]3CC[C@H]4C[C@](C)(OC(=O)CSCC(=O)O)CC[C@]4(C)[C@H]3CC[C@]12C. The molecule has 0 aromatic rings. The fraction of sp³-hybridized carbons (Fsp3) is 0.885. The van der Waals surface area contributed by atoms with Gasteiger partial charge in [-0.25, -0.2) is 0 Å². The van der Waals surface area contributed by atoms with Crippen LogP contribution < -0.4 is 0 Å². The van der Waals surface area contributed by atoms with Crippen LogP contribution in [0.25, 0.3) is 0 Å². The predicted octanol–water partition coefficient (Wildman–Crippen LogP) is 5.35. The molecule has 4 rings (SSSR count). The zero-order valence-corrected chi connectivity index (χ0v) is 21.0. The normalized spacial score (nSPS) is 45.3. The first-order valence-corrected chi connectivity index (χ1v) is 13.7. The number of hydrogen-bond acceptors (Lipinski definition) is 5. The molecule has 4 aliphatic rings. The van der Waals surface area contributed by atoms with Crippen molar-refractivity contribution in [1.82, 2.24) is 0 Å². The molecule has 180 valence electrons. The molecule has 8 atom stereocenters. The number of thioether (sulfide) groups is 1. The number of ketones is 1. The summed E-state index contributed by atoms with van der Waals surface area (Å²) < 4.78 is 5.93. The summed E-state index contributed by atoms with van der Waals surface area (Å²) in [5.74, 6) is 2.20. The Bertz CT molecular complexity index is 782. The van der Waals surface area contributed by atoms with Crippen LogP contribution in [0.15, 0.2) is 0 Å². The molecule has 0 unspecified atom stereocenters. The molecule has 6 heteroatoms. The van der Waals surface area contributed by atoms with Gasteiger partial charge in [0.25, 0.3) is 0 Å². The number of aliphatic carboxylic acids is 1. The van der Waals surface area contributed by atoms with Crippen LogP contribution in [0.5, 0.6) is 0 Å². The van der Waals surface area contributed by atoms with Crippen molar-refractivity contribution < 1.29 is 24.2 Å². The average molecular weight is 465 g/mol. The third-order valence-electron chi connectivity index (χ3n) is 10.2. The Labute approximate surface area is 196 Å². The van der Waals surface area contributed by atoms with E-state index in [1.165, 1.54) is 32.1 Å². The van der Waals surface area contributed by atoms with Crippen LogP contribution in [-0.2, 0) is 19.1 Å². The lowest BCUT2D eigenvalue weighted by atomic mass is 9.44. The number of ether oxygens (including phenoxy) is 1. The van der Waals surface area contributed by atoms with Gasteiger partial charge in [-0.15, -0.1) is 11.8 Å². The van der Waals surface area contributed by atoms with Gasteiger partial charge >= 0.3 is 11.9 Å². The number of carbonyl (C=O) groups is 3. The highest BCUT2D eigenvalue weighted by molar-refractivity contribution is 8.00. The highest BCUT2D eigenvalue weighted by atomic mass is 32.2. The maximum Gasteiger partial charge on any atom is 0.316 e. The standard InChI is InChI=1S/C26H40O5S/c1-16(27)19-7-8-20-18-6-5-17-13-24(2,31-23(30)15-32-14-22(28)29)11-12-25(17,3)21(18)9-10-26(19,20)4/h17-21H,5-15H2,1-4H3,(H,28,29)/t17-,18-,19+,20-,21-,24+,25-,26+/m0/s1. The van der Waals surface area contributed by atoms with Gasteiger partial charge in [-0.05, 0) is 106 Å². The van der Waals surface area contributed by atoms with E-state index in [1.54, 1.807) is 6.92 Å². The molecule has 5 nitrogen and oxygen atoms in total. The third kappa shape index (κ3) is 4.14. The second kappa shape index (κ2) is 8.63. The average Bonchev–Trinajstić information content (AvgIpc) is 3.05. The van der Waals surface area contributed by atoms with E-state index < -0.39 is 11.6 Å². The summed E-state index contributed by atoms with van der Waals surface area (Å²) in [5, 5.41) is 8.78. The molecular weight excluding hydrogens is 424 g/mol. The van der Waals surface area contributed by atoms with Crippen molar-refractivity contribution >= 4 is 29.5 Å². The third-order valence-corrected chi connectivity index (χ3v) is 11.1. The molecule has 4 aliphatic carbocycles. The minimum Gasteiger partial charge on any atom is -0.481 e. The minimum absolute atomic E-state index is 0.0693. The quantitative estimate of drug-likeness (QED) is 0.534. The first-order valence-electron chi connectivity index (χ1n) is 12.5. The van der Waals surface area contributed by atoms with E-state index in [9.17, 15) is 14.4 Å². The van der Waals surface area contributed by atoms with E-state index in [1.807, 2.05) is 0 Å². The van der Waals surface area contributed by atoms with Crippen molar-refractivity contribution in [3.63, 3.8) is 0 Å². The molecule has 0 saturated heterocycles. The maximum atomic E-state index is 12.3. The van der Waals surface area contributed by atoms with Crippen LogP contribution in [0.3, 0.4) is 0 Å². The maximum absolute atomic E-state index is 12.3. The lowest BCUT2D eigenvalue weighted by Gasteiger charge is -2.62. The first kappa shape index (κ1) is 24.1. The molecule has 0 radical (unpaired) electrons. The Morgan fingerprint density at radius 1 is 0.906 bits per heavy atom. The summed E-state index contributed by atoms with van der Waals surface area (Å²) in [6.45, 7) is 8.77. The van der Waals surface area contributed by atoms with Crippen molar-refractivity contribution in [2.45, 2.75) is 91.1 Å². The number of rotatable bonds is 6. The number of carbonyl (C=O) groups excluding carboxylic acids is 2. The van der Waals surface area contributed by atoms with Crippen molar-refractivity contribution in [1.29, 1.82) is 0 Å². The van der Waals surface area contributed by atoms with Crippen LogP contribution >= 0.6 is 11.8 Å². The van der Waals surface area contributed by atoms with E-state index in [0.717, 1.165) is 49.3 Å². The summed E-state index contributed by atoms with van der Waals surface area (Å²) in [5.41, 5.74) is 0.0548. The van der Waals surface area contributed by atoms with E-state index >= 15 is 0 Å². The van der Waals surface area contributed by atoms with Crippen LogP contribution in [0.4, 0.5) is 0 Å². The van der Waals surface area contributed by atoms with Crippen LogP contribution in [0.1, 0.15) is 85.5 Å². The van der Waals surface area contributed by atoms with Gasteiger partial charge in [0.15, 0.2) is 0 Å². The van der Waals surface area contributed by atoms with E-state index in [-0.39, 0.29) is 28.8 Å². The van der Waals surface area contributed by atoms with Crippen molar-refractivity contribution in [2.75, 3.05) is 11.5 Å². The van der Waals surface area contributed by atoms with Gasteiger partial charge in [-0.2, -0.15) is 0 Å². The van der Waals surface area contributed by atoms with Crippen molar-refractivity contribution in [3.05, 3.63) is 0 Å². The topological polar surface area (TPSA) is 80.7 Å². The predicted molar refractivity (Wildman–Crippen MR) is 125 cm³/mol. The van der Waals surface area contributed by atoms with Crippen molar-refractivity contribution in [2.24, 2.45) is 40.4 Å². The van der Waals surface area contributed by atoms with Crippen LogP contribution in [0.2, 0.25) is 0 Å². The van der Waals surface area contributed by atoms with Crippen molar-refractivity contribution in [3.8, 4) is 0 Å². The zero-order valence-electron chi connectivity index (χ0n) is 20.2. The van der Waals surface area contributed by atoms with Gasteiger partial charge in [-0.3, -0.25) is 14.4 Å². The largest absolute Gasteiger partial charge is 0.481 e. The number of carboxylic acids is 1. The molecule has 0 bridgehead atoms. The molecule has 0 aromatic heterocycles. The van der Waals surface area contributed by atoms with Gasteiger partial charge < -0.3 is 9.84 Å². The number of hydrogen-bond donors (Lipinski definition) is 1. The molecule has 0 heterocycles. The fourth-order valence-electron chi connectivity index (χ4n) is 8.70. The smallest absolute Gasteiger partial charge is 0.316 e. The summed E-state index contributed by atoms with van der Waals surface area (Å²) in [4.78, 5) is 35.4. The molecule has 4 saturated carbocycles. The van der Waals surface area contributed by atoms with Gasteiger partial charge in [0.2, 0.25) is 0 Å². The summed E-state index contributed by atoms with van der Waals surface area (Å²) in [6, 6.07) is 0. The second-order valence-corrected chi connectivity index (χ2v) is 12.9. The van der Waals surface area contributed by atoms with Gasteiger partial charge in [0, 0.05) is 5.92 Å². The summed E-state index contributed by atoms with van der Waals surface area (Å²) in [7, 11) is 0. The van der Waals surface area contributed by atoms with E-state index in [0.29, 0.717) is 23.0 Å². The first-order chi connectivity index (χ1) is 15.0. The Hall–Kier alpha value is -1.04. The number of esters is 1. The molecule has 0 spiro atoms. The monoisotopic (exact) mass is 464 g/mol. The molecule has 32 heavy (non-hydrogen) atoms. The molecular formula is C26H40O5S. The highest BCUT2D eigenvalue weighted by Crippen LogP contribution is 2.68. The van der Waals surface area contributed by atoms with Gasteiger partial charge in [0.05, 0.1) is 11.5 Å². The Kier molecular flexibility index (Phi) is 6.50. The summed E-state index contributed by atoms with van der Waals surface area (Å²) >= 11 is 1.11. The number of Topliss-reactive ketones (excluding diaryl/α,β-unsaturated/α-hetero) is 1. The lowest BCUT2D eigenvalue weighted by molar-refractivity contribution is -0.178. The molecule has 0 aromatic carbocycles. The Morgan fingerprint density at radius 2 is 1.62 bits per heavy atom. The molecule has 0 aliphatic heterocycles. The van der Waals surface area contributed by atoms with E-state index in [4.69, 9.17) is 9.84 Å². The molecule has 0 amide bonds. The van der Waals surface area contributed by atoms with Crippen LogP contribution in [-0.4, -0.2) is 39.9 Å². The molecule has 1 N–H and O–H groups in total. The fourth-order valence-corrected chi connectivity index (χ4v) is 9.21. The van der Waals surface area contributed by atoms with Crippen LogP contribution in [0, 0.1) is 40.4 Å². The number of carboxylic acid groups (broad SMARTS) is 1. The lowest BCUT2D eigenvalue weighted by Crippen LogP contribution is -2.56. The van der Waals surface area contributed by atoms with Gasteiger partial charge in [-0.1, -0.05) is 13.8 Å². The Balaban J connectivity index is 1.42. The second-order valence-electron chi connectivity index (χ2n) is 12.0. The summed E-state index contributed by atoms with van der Waals surface area (Å²) in [6.07, 6.45) is 10.0. The molecule has 4 fully saturated rings. The van der Waals surface area contributed by atoms with Gasteiger partial charge in [0.1, 0.15) is 11.4 Å². The van der Waals surface area contributed by atoms with E-state index in [2.05, 4.69) is 20.8 Å². The zero-order chi connectivity index (χ0) is 23.3. The Morgan fingerprint density at radius 3 is 2.31 bits per heavy atom. The minimum atomic E-state index is -0.903. The number of fused-ring (bicyclic) bond motifs is 5.